The average molecular weight is 275 g/mol. The van der Waals surface area contributed by atoms with Crippen LogP contribution in [0.3, 0.4) is 0 Å². The van der Waals surface area contributed by atoms with E-state index in [0.717, 1.165) is 31.2 Å². The Bertz CT molecular complexity index is 362. The van der Waals surface area contributed by atoms with Crippen LogP contribution in [0.2, 0.25) is 0 Å². The number of ether oxygens (including phenoxy) is 1. The Morgan fingerprint density at radius 1 is 1.16 bits per heavy atom. The Kier molecular flexibility index (Phi) is 6.15. The van der Waals surface area contributed by atoms with Gasteiger partial charge in [-0.3, -0.25) is 0 Å². The number of benzene rings is 1. The van der Waals surface area contributed by atoms with E-state index >= 15 is 0 Å². The van der Waals surface area contributed by atoms with Crippen molar-refractivity contribution in [2.75, 3.05) is 7.05 Å². The van der Waals surface area contributed by atoms with Crippen LogP contribution in [0.1, 0.15) is 44.2 Å². The molecular formula is C14H20F3NO. The average Bonchev–Trinajstić information content (AvgIpc) is 2.34. The molecule has 1 aromatic carbocycles. The van der Waals surface area contributed by atoms with Crippen LogP contribution in [0.25, 0.3) is 0 Å². The highest BCUT2D eigenvalue weighted by Gasteiger charge is 2.31. The van der Waals surface area contributed by atoms with E-state index in [-0.39, 0.29) is 11.8 Å². The summed E-state index contributed by atoms with van der Waals surface area (Å²) in [5.41, 5.74) is 0.980. The molecule has 19 heavy (non-hydrogen) atoms. The molecule has 0 amide bonds. The van der Waals surface area contributed by atoms with E-state index in [1.807, 2.05) is 7.05 Å². The third-order valence-electron chi connectivity index (χ3n) is 2.96. The molecule has 0 bridgehead atoms. The Labute approximate surface area is 112 Å². The first-order valence-corrected chi connectivity index (χ1v) is 6.49. The summed E-state index contributed by atoms with van der Waals surface area (Å²) < 4.78 is 40.0. The lowest BCUT2D eigenvalue weighted by atomic mass is 10.0. The molecule has 0 spiro atoms. The molecule has 1 N–H and O–H groups in total. The highest BCUT2D eigenvalue weighted by atomic mass is 19.4. The molecule has 108 valence electrons. The molecule has 1 atom stereocenters. The number of unbranched alkanes of at least 4 members (excludes halogenated alkanes) is 2. The van der Waals surface area contributed by atoms with E-state index in [1.54, 1.807) is 12.1 Å². The molecule has 2 nitrogen and oxygen atoms in total. The van der Waals surface area contributed by atoms with Crippen LogP contribution in [0, 0.1) is 0 Å². The zero-order valence-corrected chi connectivity index (χ0v) is 11.3. The van der Waals surface area contributed by atoms with Gasteiger partial charge < -0.3 is 10.1 Å². The van der Waals surface area contributed by atoms with Crippen LogP contribution in [0.4, 0.5) is 13.2 Å². The maximum absolute atomic E-state index is 12.0. The zero-order valence-electron chi connectivity index (χ0n) is 11.3. The fraction of sp³-hybridized carbons (Fsp3) is 0.571. The van der Waals surface area contributed by atoms with Gasteiger partial charge in [-0.15, -0.1) is 13.2 Å². The van der Waals surface area contributed by atoms with Crippen LogP contribution >= 0.6 is 0 Å². The second kappa shape index (κ2) is 7.38. The van der Waals surface area contributed by atoms with Gasteiger partial charge in [0.25, 0.3) is 0 Å². The van der Waals surface area contributed by atoms with Gasteiger partial charge in [-0.2, -0.15) is 0 Å². The lowest BCUT2D eigenvalue weighted by molar-refractivity contribution is -0.274. The van der Waals surface area contributed by atoms with Crippen molar-refractivity contribution < 1.29 is 17.9 Å². The van der Waals surface area contributed by atoms with Gasteiger partial charge in [-0.1, -0.05) is 38.3 Å². The molecule has 1 unspecified atom stereocenters. The van der Waals surface area contributed by atoms with Gasteiger partial charge in [0.05, 0.1) is 0 Å². The Hall–Kier alpha value is -1.23. The van der Waals surface area contributed by atoms with E-state index in [1.165, 1.54) is 12.1 Å². The van der Waals surface area contributed by atoms with Crippen LogP contribution in [0.15, 0.2) is 24.3 Å². The highest BCUT2D eigenvalue weighted by Crippen LogP contribution is 2.26. The van der Waals surface area contributed by atoms with Gasteiger partial charge in [0.2, 0.25) is 0 Å². The van der Waals surface area contributed by atoms with E-state index in [0.29, 0.717) is 0 Å². The summed E-state index contributed by atoms with van der Waals surface area (Å²) in [6, 6.07) is 6.23. The van der Waals surface area contributed by atoms with Gasteiger partial charge >= 0.3 is 6.36 Å². The second-order valence-electron chi connectivity index (χ2n) is 4.45. The minimum atomic E-state index is -4.63. The van der Waals surface area contributed by atoms with Crippen molar-refractivity contribution in [3.63, 3.8) is 0 Å². The number of halogens is 3. The first-order chi connectivity index (χ1) is 8.96. The van der Waals surface area contributed by atoms with Crippen molar-refractivity contribution in [1.29, 1.82) is 0 Å². The molecule has 0 aliphatic heterocycles. The van der Waals surface area contributed by atoms with Crippen LogP contribution in [-0.2, 0) is 0 Å². The Morgan fingerprint density at radius 3 is 2.26 bits per heavy atom. The Morgan fingerprint density at radius 2 is 1.79 bits per heavy atom. The Balaban J connectivity index is 2.62. The number of hydrogen-bond donors (Lipinski definition) is 1. The second-order valence-corrected chi connectivity index (χ2v) is 4.45. The molecule has 1 rings (SSSR count). The molecule has 0 heterocycles. The van der Waals surface area contributed by atoms with E-state index < -0.39 is 6.36 Å². The van der Waals surface area contributed by atoms with E-state index in [9.17, 15) is 13.2 Å². The van der Waals surface area contributed by atoms with Crippen molar-refractivity contribution in [1.82, 2.24) is 5.32 Å². The molecule has 0 aromatic heterocycles. The van der Waals surface area contributed by atoms with Gasteiger partial charge in [0, 0.05) is 6.04 Å². The number of rotatable bonds is 7. The largest absolute Gasteiger partial charge is 0.573 e. The van der Waals surface area contributed by atoms with Crippen molar-refractivity contribution >= 4 is 0 Å². The molecule has 1 aromatic rings. The first kappa shape index (κ1) is 15.8. The summed E-state index contributed by atoms with van der Waals surface area (Å²) in [5, 5.41) is 3.18. The maximum atomic E-state index is 12.0. The van der Waals surface area contributed by atoms with Crippen molar-refractivity contribution in [3.8, 4) is 5.75 Å². The summed E-state index contributed by atoms with van der Waals surface area (Å²) in [6.07, 6.45) is -0.250. The SMILES string of the molecule is CCCCCC(NC)c1ccc(OC(F)(F)F)cc1. The lowest BCUT2D eigenvalue weighted by Crippen LogP contribution is -2.18. The van der Waals surface area contributed by atoms with E-state index in [4.69, 9.17) is 0 Å². The summed E-state index contributed by atoms with van der Waals surface area (Å²) >= 11 is 0. The minimum absolute atomic E-state index is 0.173. The van der Waals surface area contributed by atoms with Crippen LogP contribution in [-0.4, -0.2) is 13.4 Å². The zero-order chi connectivity index (χ0) is 14.3. The minimum Gasteiger partial charge on any atom is -0.406 e. The van der Waals surface area contributed by atoms with Gasteiger partial charge in [0.1, 0.15) is 5.75 Å². The molecule has 0 aliphatic carbocycles. The molecule has 0 saturated carbocycles. The number of nitrogens with one attached hydrogen (secondary N) is 1. The van der Waals surface area contributed by atoms with Crippen molar-refractivity contribution in [2.45, 2.75) is 45.0 Å². The van der Waals surface area contributed by atoms with Crippen molar-refractivity contribution in [3.05, 3.63) is 29.8 Å². The van der Waals surface area contributed by atoms with Crippen LogP contribution in [0.5, 0.6) is 5.75 Å². The standard InChI is InChI=1S/C14H20F3NO/c1-3-4-5-6-13(18-2)11-7-9-12(10-8-11)19-14(15,16)17/h7-10,13,18H,3-6H2,1-2H3. The third-order valence-corrected chi connectivity index (χ3v) is 2.96. The molecule has 0 radical (unpaired) electrons. The summed E-state index contributed by atoms with van der Waals surface area (Å²) in [6.45, 7) is 2.14. The topological polar surface area (TPSA) is 21.3 Å². The van der Waals surface area contributed by atoms with Crippen molar-refractivity contribution in [2.24, 2.45) is 0 Å². The van der Waals surface area contributed by atoms with Crippen LogP contribution < -0.4 is 10.1 Å². The smallest absolute Gasteiger partial charge is 0.406 e. The predicted octanol–water partition coefficient (Wildman–Crippen LogP) is 4.43. The summed E-state index contributed by atoms with van der Waals surface area (Å²) in [7, 11) is 1.86. The molecule has 0 fully saturated rings. The van der Waals surface area contributed by atoms with Gasteiger partial charge in [0.15, 0.2) is 0 Å². The summed E-state index contributed by atoms with van der Waals surface area (Å²) in [4.78, 5) is 0. The molecule has 5 heteroatoms. The monoisotopic (exact) mass is 275 g/mol. The fourth-order valence-electron chi connectivity index (χ4n) is 1.98. The molecule has 0 aliphatic rings. The van der Waals surface area contributed by atoms with Gasteiger partial charge in [-0.05, 0) is 31.2 Å². The quantitative estimate of drug-likeness (QED) is 0.743. The molecular weight excluding hydrogens is 255 g/mol. The van der Waals surface area contributed by atoms with E-state index in [2.05, 4.69) is 17.0 Å². The normalized spacial score (nSPS) is 13.3. The molecule has 0 saturated heterocycles. The van der Waals surface area contributed by atoms with Gasteiger partial charge in [-0.25, -0.2) is 0 Å². The number of alkyl halides is 3. The fourth-order valence-corrected chi connectivity index (χ4v) is 1.98. The first-order valence-electron chi connectivity index (χ1n) is 6.49. The highest BCUT2D eigenvalue weighted by molar-refractivity contribution is 5.29. The lowest BCUT2D eigenvalue weighted by Gasteiger charge is -2.17. The predicted molar refractivity (Wildman–Crippen MR) is 69.1 cm³/mol. The maximum Gasteiger partial charge on any atom is 0.573 e. The third kappa shape index (κ3) is 5.96. The summed E-state index contributed by atoms with van der Waals surface area (Å²) in [5.74, 6) is -0.181. The number of hydrogen-bond acceptors (Lipinski definition) is 2.